The summed E-state index contributed by atoms with van der Waals surface area (Å²) in [7, 11) is 0. The number of benzene rings is 1. The summed E-state index contributed by atoms with van der Waals surface area (Å²) in [5.74, 6) is 1.43. The number of hydrogen-bond acceptors (Lipinski definition) is 2. The third-order valence-corrected chi connectivity index (χ3v) is 3.42. The number of aromatic hydroxyl groups is 1. The van der Waals surface area contributed by atoms with Crippen molar-refractivity contribution in [1.29, 1.82) is 0 Å². The molecule has 1 aliphatic rings. The number of phenols is 1. The molecule has 0 aliphatic heterocycles. The van der Waals surface area contributed by atoms with Gasteiger partial charge in [0.15, 0.2) is 11.5 Å². The van der Waals surface area contributed by atoms with Crippen molar-refractivity contribution in [3.8, 4) is 11.5 Å². The van der Waals surface area contributed by atoms with Crippen LogP contribution in [0.2, 0.25) is 0 Å². The highest BCUT2D eigenvalue weighted by Gasteiger charge is 2.16. The van der Waals surface area contributed by atoms with Gasteiger partial charge in [0.05, 0.1) is 0 Å². The Bertz CT molecular complexity index is 379. The molecular formula is C15H20O2. The molecule has 92 valence electrons. The minimum Gasteiger partial charge on any atom is -0.504 e. The molecule has 0 unspecified atom stereocenters. The molecule has 2 heteroatoms. The summed E-state index contributed by atoms with van der Waals surface area (Å²) in [4.78, 5) is 0. The second kappa shape index (κ2) is 5.76. The fraction of sp³-hybridized carbons (Fsp3) is 0.467. The number of hydrogen-bond donors (Lipinski definition) is 1. The Labute approximate surface area is 103 Å². The molecule has 1 fully saturated rings. The SMILES string of the molecule is C=CCOc1cc(C2CCCCC2)ccc1O. The van der Waals surface area contributed by atoms with E-state index in [-0.39, 0.29) is 5.75 Å². The quantitative estimate of drug-likeness (QED) is 0.795. The van der Waals surface area contributed by atoms with Crippen molar-refractivity contribution < 1.29 is 9.84 Å². The minimum atomic E-state index is 0.214. The van der Waals surface area contributed by atoms with Crippen molar-refractivity contribution in [3.05, 3.63) is 36.4 Å². The van der Waals surface area contributed by atoms with Gasteiger partial charge in [-0.05, 0) is 36.5 Å². The lowest BCUT2D eigenvalue weighted by atomic mass is 9.84. The zero-order valence-electron chi connectivity index (χ0n) is 10.2. The maximum absolute atomic E-state index is 9.70. The Morgan fingerprint density at radius 2 is 2.06 bits per heavy atom. The lowest BCUT2D eigenvalue weighted by molar-refractivity contribution is 0.335. The number of phenolic OH excluding ortho intramolecular Hbond substituents is 1. The molecule has 0 amide bonds. The van der Waals surface area contributed by atoms with E-state index in [0.29, 0.717) is 18.3 Å². The maximum Gasteiger partial charge on any atom is 0.161 e. The van der Waals surface area contributed by atoms with Gasteiger partial charge in [-0.25, -0.2) is 0 Å². The van der Waals surface area contributed by atoms with Crippen molar-refractivity contribution >= 4 is 0 Å². The van der Waals surface area contributed by atoms with Gasteiger partial charge in [0.25, 0.3) is 0 Å². The van der Waals surface area contributed by atoms with E-state index in [9.17, 15) is 5.11 Å². The van der Waals surface area contributed by atoms with E-state index < -0.39 is 0 Å². The van der Waals surface area contributed by atoms with E-state index in [1.807, 2.05) is 12.1 Å². The average molecular weight is 232 g/mol. The Morgan fingerprint density at radius 1 is 1.29 bits per heavy atom. The number of ether oxygens (including phenoxy) is 1. The maximum atomic E-state index is 9.70. The van der Waals surface area contributed by atoms with Crippen LogP contribution in [-0.2, 0) is 0 Å². The van der Waals surface area contributed by atoms with Gasteiger partial charge in [-0.2, -0.15) is 0 Å². The van der Waals surface area contributed by atoms with Crippen molar-refractivity contribution in [3.63, 3.8) is 0 Å². The predicted octanol–water partition coefficient (Wildman–Crippen LogP) is 4.00. The molecule has 17 heavy (non-hydrogen) atoms. The van der Waals surface area contributed by atoms with Crippen LogP contribution >= 0.6 is 0 Å². The van der Waals surface area contributed by atoms with Crippen molar-refractivity contribution in [1.82, 2.24) is 0 Å². The van der Waals surface area contributed by atoms with Crippen molar-refractivity contribution in [2.24, 2.45) is 0 Å². The fourth-order valence-corrected chi connectivity index (χ4v) is 2.48. The van der Waals surface area contributed by atoms with Crippen LogP contribution in [0.3, 0.4) is 0 Å². The molecule has 0 radical (unpaired) electrons. The van der Waals surface area contributed by atoms with E-state index in [1.54, 1.807) is 12.1 Å². The van der Waals surface area contributed by atoms with Gasteiger partial charge in [0.1, 0.15) is 6.61 Å². The van der Waals surface area contributed by atoms with Crippen molar-refractivity contribution in [2.75, 3.05) is 6.61 Å². The molecular weight excluding hydrogens is 212 g/mol. The molecule has 0 spiro atoms. The van der Waals surface area contributed by atoms with Gasteiger partial charge in [-0.15, -0.1) is 0 Å². The Kier molecular flexibility index (Phi) is 4.08. The molecule has 1 aromatic carbocycles. The number of rotatable bonds is 4. The van der Waals surface area contributed by atoms with Crippen molar-refractivity contribution in [2.45, 2.75) is 38.0 Å². The first kappa shape index (κ1) is 12.0. The highest BCUT2D eigenvalue weighted by Crippen LogP contribution is 2.36. The standard InChI is InChI=1S/C15H20O2/c1-2-10-17-15-11-13(8-9-14(15)16)12-6-4-3-5-7-12/h2,8-9,11-12,16H,1,3-7,10H2. The largest absolute Gasteiger partial charge is 0.504 e. The minimum absolute atomic E-state index is 0.214. The molecule has 0 atom stereocenters. The predicted molar refractivity (Wildman–Crippen MR) is 69.6 cm³/mol. The summed E-state index contributed by atoms with van der Waals surface area (Å²) < 4.78 is 5.45. The van der Waals surface area contributed by atoms with Crippen LogP contribution in [0.1, 0.15) is 43.6 Å². The highest BCUT2D eigenvalue weighted by atomic mass is 16.5. The van der Waals surface area contributed by atoms with Crippen LogP contribution in [0.4, 0.5) is 0 Å². The molecule has 1 N–H and O–H groups in total. The van der Waals surface area contributed by atoms with Gasteiger partial charge in [-0.3, -0.25) is 0 Å². The summed E-state index contributed by atoms with van der Waals surface area (Å²) >= 11 is 0. The summed E-state index contributed by atoms with van der Waals surface area (Å²) in [5, 5.41) is 9.70. The van der Waals surface area contributed by atoms with E-state index in [0.717, 1.165) is 0 Å². The second-order valence-corrected chi connectivity index (χ2v) is 4.66. The van der Waals surface area contributed by atoms with Crippen LogP contribution in [0, 0.1) is 0 Å². The average Bonchev–Trinajstić information content (AvgIpc) is 2.39. The summed E-state index contributed by atoms with van der Waals surface area (Å²) in [5.41, 5.74) is 1.29. The van der Waals surface area contributed by atoms with E-state index in [4.69, 9.17) is 4.74 Å². The highest BCUT2D eigenvalue weighted by molar-refractivity contribution is 5.43. The zero-order valence-corrected chi connectivity index (χ0v) is 10.2. The van der Waals surface area contributed by atoms with E-state index in [2.05, 4.69) is 6.58 Å². The molecule has 1 aromatic rings. The van der Waals surface area contributed by atoms with E-state index >= 15 is 0 Å². The molecule has 0 aromatic heterocycles. The Hall–Kier alpha value is -1.44. The second-order valence-electron chi connectivity index (χ2n) is 4.66. The summed E-state index contributed by atoms with van der Waals surface area (Å²) in [6.07, 6.45) is 8.18. The fourth-order valence-electron chi connectivity index (χ4n) is 2.48. The summed E-state index contributed by atoms with van der Waals surface area (Å²) in [6.45, 7) is 4.04. The van der Waals surface area contributed by atoms with Crippen LogP contribution < -0.4 is 4.74 Å². The molecule has 2 nitrogen and oxygen atoms in total. The first-order valence-electron chi connectivity index (χ1n) is 6.38. The third-order valence-electron chi connectivity index (χ3n) is 3.42. The van der Waals surface area contributed by atoms with Gasteiger partial charge in [0.2, 0.25) is 0 Å². The third kappa shape index (κ3) is 3.02. The van der Waals surface area contributed by atoms with Gasteiger partial charge >= 0.3 is 0 Å². The topological polar surface area (TPSA) is 29.5 Å². The molecule has 0 saturated heterocycles. The lowest BCUT2D eigenvalue weighted by Gasteiger charge is -2.22. The molecule has 1 aliphatic carbocycles. The van der Waals surface area contributed by atoms with Crippen LogP contribution in [0.15, 0.2) is 30.9 Å². The smallest absolute Gasteiger partial charge is 0.161 e. The molecule has 1 saturated carbocycles. The van der Waals surface area contributed by atoms with Gasteiger partial charge in [-0.1, -0.05) is 38.0 Å². The Morgan fingerprint density at radius 3 is 2.76 bits per heavy atom. The van der Waals surface area contributed by atoms with Crippen LogP contribution in [-0.4, -0.2) is 11.7 Å². The van der Waals surface area contributed by atoms with Crippen LogP contribution in [0.25, 0.3) is 0 Å². The normalized spacial score (nSPS) is 16.7. The van der Waals surface area contributed by atoms with Gasteiger partial charge in [0, 0.05) is 0 Å². The monoisotopic (exact) mass is 232 g/mol. The Balaban J connectivity index is 2.14. The lowest BCUT2D eigenvalue weighted by Crippen LogP contribution is -2.05. The first-order valence-corrected chi connectivity index (χ1v) is 6.38. The zero-order chi connectivity index (χ0) is 12.1. The van der Waals surface area contributed by atoms with Crippen LogP contribution in [0.5, 0.6) is 11.5 Å². The van der Waals surface area contributed by atoms with E-state index in [1.165, 1.54) is 37.7 Å². The van der Waals surface area contributed by atoms with Gasteiger partial charge < -0.3 is 9.84 Å². The summed E-state index contributed by atoms with van der Waals surface area (Å²) in [6, 6.07) is 5.74. The molecule has 0 heterocycles. The molecule has 0 bridgehead atoms. The molecule has 2 rings (SSSR count). The first-order chi connectivity index (χ1) is 8.31.